The zero-order valence-corrected chi connectivity index (χ0v) is 8.51. The lowest BCUT2D eigenvalue weighted by molar-refractivity contribution is 1.18. The van der Waals surface area contributed by atoms with E-state index in [0.29, 0.717) is 0 Å². The Kier molecular flexibility index (Phi) is 3.57. The summed E-state index contributed by atoms with van der Waals surface area (Å²) in [7, 11) is 3.38. The highest BCUT2D eigenvalue weighted by Gasteiger charge is 2.04. The first-order valence-corrected chi connectivity index (χ1v) is 4.81. The van der Waals surface area contributed by atoms with Gasteiger partial charge < -0.3 is 0 Å². The van der Waals surface area contributed by atoms with Crippen LogP contribution in [-0.4, -0.2) is 10.2 Å². The number of allylic oxidation sites excluding steroid dienone is 1. The third-order valence-electron chi connectivity index (χ3n) is 1.69. The van der Waals surface area contributed by atoms with Crippen LogP contribution >= 0.6 is 11.6 Å². The zero-order valence-electron chi connectivity index (χ0n) is 6.76. The summed E-state index contributed by atoms with van der Waals surface area (Å²) in [6.07, 6.45) is 2.74. The summed E-state index contributed by atoms with van der Waals surface area (Å²) in [6.45, 7) is 3.70. The Bertz CT molecular complexity index is 268. The van der Waals surface area contributed by atoms with E-state index < -0.39 is 0 Å². The van der Waals surface area contributed by atoms with Crippen LogP contribution in [0, 0.1) is 0 Å². The summed E-state index contributed by atoms with van der Waals surface area (Å²) in [6, 6.07) is 8.07. The summed E-state index contributed by atoms with van der Waals surface area (Å²) in [5, 5.41) is -0.110. The molecule has 2 heteroatoms. The van der Waals surface area contributed by atoms with Crippen molar-refractivity contribution in [3.8, 4) is 0 Å². The maximum absolute atomic E-state index is 5.92. The summed E-state index contributed by atoms with van der Waals surface area (Å²) in [5.74, 6) is 0. The van der Waals surface area contributed by atoms with Crippen molar-refractivity contribution < 1.29 is 0 Å². The molecule has 12 heavy (non-hydrogen) atoms. The normalized spacial score (nSPS) is 12.5. The van der Waals surface area contributed by atoms with Crippen LogP contribution in [0.4, 0.5) is 0 Å². The highest BCUT2D eigenvalue weighted by atomic mass is 35.5. The Morgan fingerprint density at radius 2 is 2.17 bits per heavy atom. The number of alkyl halides is 1. The molecule has 0 spiro atoms. The molecule has 1 unspecified atom stereocenters. The van der Waals surface area contributed by atoms with Crippen LogP contribution in [0.5, 0.6) is 0 Å². The van der Waals surface area contributed by atoms with Crippen LogP contribution in [0.15, 0.2) is 36.9 Å². The van der Waals surface area contributed by atoms with Crippen molar-refractivity contribution in [1.82, 2.24) is 0 Å². The van der Waals surface area contributed by atoms with E-state index in [2.05, 4.69) is 22.9 Å². The summed E-state index contributed by atoms with van der Waals surface area (Å²) >= 11 is 5.92. The molecule has 0 heterocycles. The Morgan fingerprint density at radius 3 is 2.75 bits per heavy atom. The Balaban J connectivity index is 2.99. The van der Waals surface area contributed by atoms with Crippen molar-refractivity contribution in [3.05, 3.63) is 48.0 Å². The van der Waals surface area contributed by atoms with Crippen molar-refractivity contribution in [2.45, 2.75) is 11.4 Å². The molecule has 0 aliphatic carbocycles. The second kappa shape index (κ2) is 4.48. The van der Waals surface area contributed by atoms with Crippen LogP contribution in [0.1, 0.15) is 16.1 Å². The van der Waals surface area contributed by atoms with E-state index in [0.717, 1.165) is 12.0 Å². The fourth-order valence-electron chi connectivity index (χ4n) is 1.12. The maximum atomic E-state index is 5.92. The molecular formula is C10H10ClSi. The van der Waals surface area contributed by atoms with Crippen molar-refractivity contribution in [2.75, 3.05) is 0 Å². The first kappa shape index (κ1) is 9.55. The van der Waals surface area contributed by atoms with Gasteiger partial charge in [0, 0.05) is 5.00 Å². The third-order valence-corrected chi connectivity index (χ3v) is 2.24. The Hall–Kier alpha value is -0.533. The van der Waals surface area contributed by atoms with Gasteiger partial charge in [0.15, 0.2) is 0 Å². The quantitative estimate of drug-likeness (QED) is 0.394. The lowest BCUT2D eigenvalue weighted by Gasteiger charge is -2.08. The predicted octanol–water partition coefficient (Wildman–Crippen LogP) is 2.82. The van der Waals surface area contributed by atoms with Crippen LogP contribution in [-0.2, 0) is 6.42 Å². The number of rotatable bonds is 3. The second-order valence-corrected chi connectivity index (χ2v) is 3.93. The maximum Gasteiger partial charge on any atom is 0.0553 e. The van der Waals surface area contributed by atoms with Gasteiger partial charge in [0.2, 0.25) is 0 Å². The minimum absolute atomic E-state index is 0.110. The van der Waals surface area contributed by atoms with Gasteiger partial charge in [-0.05, 0) is 17.5 Å². The molecule has 0 aliphatic heterocycles. The van der Waals surface area contributed by atoms with E-state index in [4.69, 9.17) is 11.6 Å². The van der Waals surface area contributed by atoms with Crippen LogP contribution in [0.25, 0.3) is 0 Å². The minimum Gasteiger partial charge on any atom is -0.122 e. The van der Waals surface area contributed by atoms with Crippen molar-refractivity contribution >= 4 is 21.8 Å². The molecule has 0 nitrogen and oxygen atoms in total. The molecule has 1 atom stereocenters. The fraction of sp³-hybridized carbons (Fsp3) is 0.200. The van der Waals surface area contributed by atoms with E-state index in [-0.39, 0.29) is 5.00 Å². The predicted molar refractivity (Wildman–Crippen MR) is 54.7 cm³/mol. The molecule has 0 saturated carbocycles. The van der Waals surface area contributed by atoms with E-state index in [1.165, 1.54) is 5.56 Å². The molecule has 3 radical (unpaired) electrons. The zero-order chi connectivity index (χ0) is 8.97. The number of halogens is 1. The highest BCUT2D eigenvalue weighted by molar-refractivity contribution is 6.40. The van der Waals surface area contributed by atoms with Gasteiger partial charge in [-0.15, -0.1) is 18.2 Å². The van der Waals surface area contributed by atoms with Crippen molar-refractivity contribution in [3.63, 3.8) is 0 Å². The van der Waals surface area contributed by atoms with Gasteiger partial charge in [-0.25, -0.2) is 0 Å². The Labute approximate surface area is 81.7 Å². The van der Waals surface area contributed by atoms with Gasteiger partial charge >= 0.3 is 0 Å². The molecule has 0 amide bonds. The van der Waals surface area contributed by atoms with Crippen LogP contribution in [0.2, 0.25) is 0 Å². The number of hydrogen-bond acceptors (Lipinski definition) is 0. The largest absolute Gasteiger partial charge is 0.122 e. The first-order valence-electron chi connectivity index (χ1n) is 3.79. The van der Waals surface area contributed by atoms with Gasteiger partial charge in [0.1, 0.15) is 0 Å². The lowest BCUT2D eigenvalue weighted by atomic mass is 10.1. The first-order chi connectivity index (χ1) is 5.75. The van der Waals surface area contributed by atoms with Crippen LogP contribution in [0.3, 0.4) is 0 Å². The van der Waals surface area contributed by atoms with Gasteiger partial charge in [-0.1, -0.05) is 30.3 Å². The molecule has 0 N–H and O–H groups in total. The van der Waals surface area contributed by atoms with Crippen LogP contribution < -0.4 is 0 Å². The SMILES string of the molecule is C=CCc1ccccc1C([Si])Cl. The average Bonchev–Trinajstić information content (AvgIpc) is 2.05. The standard InChI is InChI=1S/C10H10ClSi/c1-2-5-8-6-3-4-7-9(8)10(11)12/h2-4,6-7,10H,1,5H2. The average molecular weight is 194 g/mol. The molecule has 0 aliphatic rings. The van der Waals surface area contributed by atoms with Crippen molar-refractivity contribution in [1.29, 1.82) is 0 Å². The van der Waals surface area contributed by atoms with Gasteiger partial charge in [-0.3, -0.25) is 0 Å². The molecule has 1 aromatic carbocycles. The number of benzene rings is 1. The molecule has 61 valence electrons. The third kappa shape index (κ3) is 2.22. The highest BCUT2D eigenvalue weighted by Crippen LogP contribution is 2.21. The van der Waals surface area contributed by atoms with Gasteiger partial charge in [-0.2, -0.15) is 0 Å². The summed E-state index contributed by atoms with van der Waals surface area (Å²) in [4.78, 5) is 0. The van der Waals surface area contributed by atoms with E-state index in [1.54, 1.807) is 0 Å². The van der Waals surface area contributed by atoms with E-state index in [9.17, 15) is 0 Å². The monoisotopic (exact) mass is 193 g/mol. The Morgan fingerprint density at radius 1 is 1.50 bits per heavy atom. The molecule has 0 saturated heterocycles. The summed E-state index contributed by atoms with van der Waals surface area (Å²) < 4.78 is 0. The second-order valence-electron chi connectivity index (χ2n) is 2.55. The van der Waals surface area contributed by atoms with Gasteiger partial charge in [0.25, 0.3) is 0 Å². The molecule has 0 bridgehead atoms. The van der Waals surface area contributed by atoms with E-state index in [1.807, 2.05) is 24.3 Å². The van der Waals surface area contributed by atoms with E-state index >= 15 is 0 Å². The topological polar surface area (TPSA) is 0 Å². The minimum atomic E-state index is -0.110. The molecule has 1 aromatic rings. The molecule has 0 aromatic heterocycles. The molecule has 0 fully saturated rings. The number of hydrogen-bond donors (Lipinski definition) is 0. The molecular weight excluding hydrogens is 184 g/mol. The lowest BCUT2D eigenvalue weighted by Crippen LogP contribution is -1.95. The summed E-state index contributed by atoms with van der Waals surface area (Å²) in [5.41, 5.74) is 2.35. The smallest absolute Gasteiger partial charge is 0.0553 e. The molecule has 1 rings (SSSR count). The fourth-order valence-corrected chi connectivity index (χ4v) is 1.62. The van der Waals surface area contributed by atoms with Crippen molar-refractivity contribution in [2.24, 2.45) is 0 Å². The van der Waals surface area contributed by atoms with Gasteiger partial charge in [0.05, 0.1) is 10.2 Å².